The van der Waals surface area contributed by atoms with Gasteiger partial charge in [0.1, 0.15) is 116 Å². The molecule has 4 saturated carbocycles. The van der Waals surface area contributed by atoms with Gasteiger partial charge in [-0.15, -0.1) is 0 Å². The van der Waals surface area contributed by atoms with Crippen molar-refractivity contribution in [1.82, 2.24) is 0 Å². The predicted octanol–water partition coefficient (Wildman–Crippen LogP) is -3.74. The number of aliphatic hydroxyl groups is 17. The third-order valence-corrected chi connectivity index (χ3v) is 22.6. The highest BCUT2D eigenvalue weighted by molar-refractivity contribution is 5.21. The Morgan fingerprint density at radius 2 is 0.942 bits per heavy atom. The van der Waals surface area contributed by atoms with Crippen molar-refractivity contribution >= 4 is 0 Å². The monoisotopic (exact) mass is 1240 g/mol. The van der Waals surface area contributed by atoms with Gasteiger partial charge in [-0.25, -0.2) is 0 Å². The van der Waals surface area contributed by atoms with Crippen molar-refractivity contribution in [3.63, 3.8) is 0 Å². The molecule has 0 radical (unpaired) electrons. The Morgan fingerprint density at radius 1 is 0.488 bits per heavy atom. The molecule has 27 heteroatoms. The summed E-state index contributed by atoms with van der Waals surface area (Å²) in [6.07, 6.45) is -32.2. The van der Waals surface area contributed by atoms with Crippen molar-refractivity contribution in [2.75, 3.05) is 33.0 Å². The molecule has 0 aromatic rings. The van der Waals surface area contributed by atoms with E-state index >= 15 is 0 Å². The zero-order chi connectivity index (χ0) is 63.1. The van der Waals surface area contributed by atoms with E-state index < -0.39 is 209 Å². The number of fused-ring (bicyclic) bond motifs is 5. The van der Waals surface area contributed by atoms with E-state index in [-0.39, 0.29) is 34.5 Å². The molecule has 34 unspecified atom stereocenters. The van der Waals surface area contributed by atoms with Crippen LogP contribution in [0, 0.1) is 45.3 Å². The van der Waals surface area contributed by atoms with Crippen LogP contribution >= 0.6 is 0 Å². The third kappa shape index (κ3) is 12.3. The van der Waals surface area contributed by atoms with Gasteiger partial charge in [0.05, 0.1) is 50.8 Å². The van der Waals surface area contributed by atoms with Gasteiger partial charge < -0.3 is 134 Å². The van der Waals surface area contributed by atoms with E-state index in [2.05, 4.69) is 40.7 Å². The first-order chi connectivity index (χ1) is 40.3. The Kier molecular flexibility index (Phi) is 21.3. The van der Waals surface area contributed by atoms with Crippen LogP contribution in [0.1, 0.15) is 113 Å². The first kappa shape index (κ1) is 69.0. The minimum absolute atomic E-state index is 0.00774. The van der Waals surface area contributed by atoms with Crippen LogP contribution in [0.3, 0.4) is 0 Å². The molecule has 4 aliphatic carbocycles. The molecule has 498 valence electrons. The smallest absolute Gasteiger partial charge is 0.187 e. The summed E-state index contributed by atoms with van der Waals surface area (Å²) in [5, 5.41) is 184. The SMILES string of the molecule is CC(C)=CCCC(C)(OC1OC(COC2OC(COC3OC(CO)C(O)C3O)C(O)C(O)C2O)C(O)C(O)C1O)C1CCC2(C)C1C(O)CC1C3(C)CCC(OC4OC(CO)C(O)C(O)C4OC4OC(CO)C(O)C(O)C4O)C(C)(C)C3CCC12C. The van der Waals surface area contributed by atoms with Crippen molar-refractivity contribution in [1.29, 1.82) is 0 Å². The maximum atomic E-state index is 12.9. The fraction of sp³-hybridized carbons (Fsp3) is 0.966. The zero-order valence-electron chi connectivity index (χ0n) is 50.5. The van der Waals surface area contributed by atoms with Gasteiger partial charge in [-0.05, 0) is 124 Å². The summed E-state index contributed by atoms with van der Waals surface area (Å²) < 4.78 is 60.4. The first-order valence-electron chi connectivity index (χ1n) is 30.8. The first-order valence-corrected chi connectivity index (χ1v) is 30.8. The molecule has 0 aromatic heterocycles. The van der Waals surface area contributed by atoms with Crippen LogP contribution in [-0.4, -0.2) is 285 Å². The van der Waals surface area contributed by atoms with Crippen LogP contribution in [0.15, 0.2) is 11.6 Å². The quantitative estimate of drug-likeness (QED) is 0.0436. The molecule has 0 spiro atoms. The van der Waals surface area contributed by atoms with E-state index in [4.69, 9.17) is 47.4 Å². The van der Waals surface area contributed by atoms with Crippen LogP contribution in [-0.2, 0) is 47.4 Å². The molecule has 9 rings (SSSR count). The average Bonchev–Trinajstić information content (AvgIpc) is 1.23. The lowest BCUT2D eigenvalue weighted by molar-refractivity contribution is -0.378. The Balaban J connectivity index is 0.902. The molecule has 17 N–H and O–H groups in total. The second kappa shape index (κ2) is 26.6. The minimum atomic E-state index is -1.84. The summed E-state index contributed by atoms with van der Waals surface area (Å²) in [5.74, 6) is -0.613. The van der Waals surface area contributed by atoms with Crippen LogP contribution in [0.2, 0.25) is 0 Å². The van der Waals surface area contributed by atoms with Crippen LogP contribution in [0.5, 0.6) is 0 Å². The summed E-state index contributed by atoms with van der Waals surface area (Å²) in [6, 6.07) is 0. The van der Waals surface area contributed by atoms with Crippen LogP contribution in [0.25, 0.3) is 0 Å². The Labute approximate surface area is 501 Å². The zero-order valence-corrected chi connectivity index (χ0v) is 50.5. The summed E-state index contributed by atoms with van der Waals surface area (Å²) >= 11 is 0. The summed E-state index contributed by atoms with van der Waals surface area (Å²) in [4.78, 5) is 0. The maximum absolute atomic E-state index is 12.9. The highest BCUT2D eigenvalue weighted by Crippen LogP contribution is 2.76. The van der Waals surface area contributed by atoms with Crippen LogP contribution < -0.4 is 0 Å². The van der Waals surface area contributed by atoms with Crippen LogP contribution in [0.4, 0.5) is 0 Å². The van der Waals surface area contributed by atoms with Crippen molar-refractivity contribution in [3.8, 4) is 0 Å². The fourth-order valence-corrected chi connectivity index (χ4v) is 17.4. The van der Waals surface area contributed by atoms with Crippen molar-refractivity contribution in [2.24, 2.45) is 45.3 Å². The Hall–Kier alpha value is -1.34. The van der Waals surface area contributed by atoms with E-state index in [1.165, 1.54) is 0 Å². The number of hydrogen-bond acceptors (Lipinski definition) is 27. The molecule has 9 aliphatic rings. The molecule has 0 amide bonds. The standard InChI is InChI=1S/C59H100O27/c1-24(2)10-9-14-59(8,86-53-48(76)43(71)40(68)31(83-53)23-78-51-46(74)42(70)39(67)30(82-51)22-77-50-45(73)38(66)29(21-62)79-50)25-11-16-58(7)35(25)26(63)18-33-56(5)15-13-34(55(3,4)32(56)12-17-57(33,58)6)84-54-49(44(72)37(65)28(20-61)81-54)85-52-47(75)41(69)36(64)27(19-60)80-52/h10,25-54,60-76H,9,11-23H2,1-8H3. The molecule has 5 saturated heterocycles. The number of rotatable bonds is 19. The van der Waals surface area contributed by atoms with E-state index in [0.29, 0.717) is 38.5 Å². The summed E-state index contributed by atoms with van der Waals surface area (Å²) in [7, 11) is 0. The Morgan fingerprint density at radius 3 is 1.50 bits per heavy atom. The third-order valence-electron chi connectivity index (χ3n) is 22.6. The van der Waals surface area contributed by atoms with Crippen molar-refractivity contribution < 1.29 is 134 Å². The molecule has 0 bridgehead atoms. The minimum Gasteiger partial charge on any atom is -0.394 e. The van der Waals surface area contributed by atoms with E-state index in [1.807, 2.05) is 20.8 Å². The van der Waals surface area contributed by atoms with Gasteiger partial charge >= 0.3 is 0 Å². The lowest BCUT2D eigenvalue weighted by Crippen LogP contribution is -2.68. The van der Waals surface area contributed by atoms with Gasteiger partial charge in [-0.3, -0.25) is 0 Å². The molecule has 34 atom stereocenters. The largest absolute Gasteiger partial charge is 0.394 e. The molecule has 86 heavy (non-hydrogen) atoms. The van der Waals surface area contributed by atoms with Gasteiger partial charge in [0.15, 0.2) is 31.5 Å². The number of aliphatic hydroxyl groups excluding tert-OH is 17. The van der Waals surface area contributed by atoms with E-state index in [0.717, 1.165) is 24.8 Å². The number of hydrogen-bond donors (Lipinski definition) is 17. The highest BCUT2D eigenvalue weighted by Gasteiger charge is 2.72. The molecule has 27 nitrogen and oxygen atoms in total. The second-order valence-electron chi connectivity index (χ2n) is 28.1. The fourth-order valence-electron chi connectivity index (χ4n) is 17.4. The lowest BCUT2D eigenvalue weighted by atomic mass is 9.35. The van der Waals surface area contributed by atoms with Gasteiger partial charge in [-0.2, -0.15) is 0 Å². The topological polar surface area (TPSA) is 436 Å². The van der Waals surface area contributed by atoms with Gasteiger partial charge in [0.2, 0.25) is 0 Å². The molecular formula is C59H100O27. The van der Waals surface area contributed by atoms with Gasteiger partial charge in [0.25, 0.3) is 0 Å². The Bertz CT molecular complexity index is 2260. The molecule has 9 fully saturated rings. The van der Waals surface area contributed by atoms with Crippen molar-refractivity contribution in [3.05, 3.63) is 11.6 Å². The average molecular weight is 1240 g/mol. The van der Waals surface area contributed by atoms with E-state index in [9.17, 15) is 86.8 Å². The summed E-state index contributed by atoms with van der Waals surface area (Å²) in [6.45, 7) is 13.9. The maximum Gasteiger partial charge on any atom is 0.187 e. The molecular weight excluding hydrogens is 1140 g/mol. The molecule has 5 aliphatic heterocycles. The van der Waals surface area contributed by atoms with Crippen molar-refractivity contribution in [2.45, 2.75) is 278 Å². The van der Waals surface area contributed by atoms with E-state index in [1.54, 1.807) is 0 Å². The molecule has 0 aromatic carbocycles. The lowest BCUT2D eigenvalue weighted by Gasteiger charge is -2.71. The number of ether oxygens (including phenoxy) is 10. The van der Waals surface area contributed by atoms with Gasteiger partial charge in [-0.1, -0.05) is 46.3 Å². The summed E-state index contributed by atoms with van der Waals surface area (Å²) in [5.41, 5.74) is -1.79. The second-order valence-corrected chi connectivity index (χ2v) is 28.1. The number of allylic oxidation sites excluding steroid dienone is 2. The normalized spacial score (nSPS) is 52.8. The molecule has 5 heterocycles. The van der Waals surface area contributed by atoms with Gasteiger partial charge in [0, 0.05) is 0 Å². The predicted molar refractivity (Wildman–Crippen MR) is 293 cm³/mol. The highest BCUT2D eigenvalue weighted by atomic mass is 16.8.